The van der Waals surface area contributed by atoms with Gasteiger partial charge in [0.1, 0.15) is 24.2 Å². The van der Waals surface area contributed by atoms with Crippen molar-refractivity contribution in [1.29, 1.82) is 0 Å². The van der Waals surface area contributed by atoms with Gasteiger partial charge in [-0.15, -0.1) is 0 Å². The first-order valence-corrected chi connectivity index (χ1v) is 24.4. The van der Waals surface area contributed by atoms with E-state index in [1.165, 1.54) is 140 Å². The van der Waals surface area contributed by atoms with Gasteiger partial charge in [-0.1, -0.05) is 190 Å². The minimum atomic E-state index is -0.193. The van der Waals surface area contributed by atoms with Crippen LogP contribution in [0.15, 0.2) is 54.6 Å². The van der Waals surface area contributed by atoms with Crippen LogP contribution in [0.25, 0.3) is 34.2 Å². The van der Waals surface area contributed by atoms with E-state index in [1.807, 2.05) is 12.1 Å². The van der Waals surface area contributed by atoms with Crippen molar-refractivity contribution < 1.29 is 19.3 Å². The second kappa shape index (κ2) is 29.5. The van der Waals surface area contributed by atoms with Gasteiger partial charge >= 0.3 is 0 Å². The molecular formula is C54H81N3O4. The zero-order valence-electron chi connectivity index (χ0n) is 39.2. The van der Waals surface area contributed by atoms with Gasteiger partial charge in [-0.2, -0.15) is 0 Å². The average Bonchev–Trinajstić information content (AvgIpc) is 3.24. The Kier molecular flexibility index (Phi) is 24.1. The monoisotopic (exact) mass is 836 g/mol. The van der Waals surface area contributed by atoms with E-state index in [2.05, 4.69) is 77.9 Å². The second-order valence-corrected chi connectivity index (χ2v) is 17.6. The zero-order chi connectivity index (χ0) is 43.5. The van der Waals surface area contributed by atoms with Gasteiger partial charge in [0.25, 0.3) is 0 Å². The maximum atomic E-state index is 11.4. The molecule has 0 aliphatic carbocycles. The van der Waals surface area contributed by atoms with Crippen LogP contribution in [0.2, 0.25) is 0 Å². The molecule has 1 aromatic heterocycles. The van der Waals surface area contributed by atoms with Crippen molar-refractivity contribution in [1.82, 2.24) is 15.0 Å². The lowest BCUT2D eigenvalue weighted by atomic mass is 10.0. The summed E-state index contributed by atoms with van der Waals surface area (Å²) in [5, 5.41) is 11.4. The molecule has 0 aliphatic rings. The van der Waals surface area contributed by atoms with E-state index in [1.54, 1.807) is 6.07 Å². The molecule has 3 aromatic carbocycles. The minimum absolute atomic E-state index is 0.0491. The molecule has 0 aliphatic heterocycles. The number of ether oxygens (including phenoxy) is 3. The highest BCUT2D eigenvalue weighted by Crippen LogP contribution is 2.34. The molecule has 0 fully saturated rings. The first-order chi connectivity index (χ1) is 29.8. The van der Waals surface area contributed by atoms with E-state index < -0.39 is 0 Å². The van der Waals surface area contributed by atoms with Crippen molar-refractivity contribution in [3.8, 4) is 45.7 Å². The van der Waals surface area contributed by atoms with Crippen molar-refractivity contribution >= 4 is 0 Å². The van der Waals surface area contributed by atoms with Crippen LogP contribution in [0.5, 0.6) is 11.5 Å². The number of aryl methyl sites for hydroxylation is 4. The van der Waals surface area contributed by atoms with E-state index in [4.69, 9.17) is 29.2 Å². The number of aromatic hydroxyl groups is 1. The number of phenolic OH excluding ortho intramolecular Hbond substituents is 1. The Balaban J connectivity index is 1.34. The molecule has 0 bridgehead atoms. The zero-order valence-corrected chi connectivity index (χ0v) is 39.2. The quantitative estimate of drug-likeness (QED) is 0.0478. The lowest BCUT2D eigenvalue weighted by Gasteiger charge is -2.19. The molecule has 7 heteroatoms. The van der Waals surface area contributed by atoms with Gasteiger partial charge in [-0.25, -0.2) is 15.0 Å². The predicted molar refractivity (Wildman–Crippen MR) is 256 cm³/mol. The van der Waals surface area contributed by atoms with Gasteiger partial charge in [0.05, 0.1) is 12.2 Å². The minimum Gasteiger partial charge on any atom is -0.507 e. The molecule has 1 unspecified atom stereocenters. The largest absolute Gasteiger partial charge is 0.507 e. The summed E-state index contributed by atoms with van der Waals surface area (Å²) in [4.78, 5) is 14.8. The van der Waals surface area contributed by atoms with Crippen molar-refractivity contribution in [3.05, 3.63) is 76.9 Å². The molecule has 0 saturated heterocycles. The Morgan fingerprint density at radius 3 is 1.31 bits per heavy atom. The average molecular weight is 836 g/mol. The van der Waals surface area contributed by atoms with Crippen molar-refractivity contribution in [3.63, 3.8) is 0 Å². The molecule has 0 saturated carbocycles. The topological polar surface area (TPSA) is 86.6 Å². The summed E-state index contributed by atoms with van der Waals surface area (Å²) in [6.07, 6.45) is 28.7. The third-order valence-electron chi connectivity index (χ3n) is 11.8. The normalized spacial score (nSPS) is 12.0. The highest BCUT2D eigenvalue weighted by Gasteiger charge is 2.18. The van der Waals surface area contributed by atoms with Gasteiger partial charge in [-0.05, 0) is 63.8 Å². The number of hydrogen-bond donors (Lipinski definition) is 1. The Labute approximate surface area is 370 Å². The van der Waals surface area contributed by atoms with Crippen LogP contribution in [-0.2, 0) is 9.47 Å². The van der Waals surface area contributed by atoms with Crippen LogP contribution >= 0.6 is 0 Å². The second-order valence-electron chi connectivity index (χ2n) is 17.6. The molecule has 1 atom stereocenters. The van der Waals surface area contributed by atoms with Crippen molar-refractivity contribution in [2.45, 2.75) is 189 Å². The first-order valence-electron chi connectivity index (χ1n) is 24.4. The van der Waals surface area contributed by atoms with Crippen LogP contribution in [0.4, 0.5) is 0 Å². The number of rotatable bonds is 33. The van der Waals surface area contributed by atoms with Gasteiger partial charge in [0, 0.05) is 30.4 Å². The number of phenols is 1. The Hall–Kier alpha value is -3.81. The van der Waals surface area contributed by atoms with Gasteiger partial charge < -0.3 is 19.3 Å². The molecule has 0 radical (unpaired) electrons. The lowest BCUT2D eigenvalue weighted by molar-refractivity contribution is -0.0389. The summed E-state index contributed by atoms with van der Waals surface area (Å²) in [6.45, 7) is 15.1. The fraction of sp³-hybridized carbons (Fsp3) is 0.611. The number of unbranched alkanes of at least 4 members (excludes halogenated alkanes) is 20. The Morgan fingerprint density at radius 1 is 0.459 bits per heavy atom. The number of hydrogen-bond acceptors (Lipinski definition) is 7. The van der Waals surface area contributed by atoms with Crippen LogP contribution in [0.1, 0.15) is 177 Å². The Bertz CT molecular complexity index is 1740. The molecule has 336 valence electrons. The maximum Gasteiger partial charge on any atom is 0.167 e. The van der Waals surface area contributed by atoms with E-state index >= 15 is 0 Å². The van der Waals surface area contributed by atoms with Gasteiger partial charge in [0.15, 0.2) is 17.5 Å². The molecule has 0 amide bonds. The summed E-state index contributed by atoms with van der Waals surface area (Å²) in [6, 6.07) is 17.9. The SMILES string of the molecule is CCCCCCCCCCCCCOCC(COc1ccc(-c2nc(-c3ccc(C)cc3C)nc(-c3ccc(C)cc3C)n2)c(O)c1)OCCCCCCCCCCCCC. The van der Waals surface area contributed by atoms with Crippen molar-refractivity contribution in [2.75, 3.05) is 26.4 Å². The lowest BCUT2D eigenvalue weighted by Crippen LogP contribution is -2.28. The molecule has 61 heavy (non-hydrogen) atoms. The molecule has 4 rings (SSSR count). The highest BCUT2D eigenvalue weighted by atomic mass is 16.6. The molecule has 1 heterocycles. The van der Waals surface area contributed by atoms with E-state index in [0.29, 0.717) is 48.6 Å². The van der Waals surface area contributed by atoms with Gasteiger partial charge in [-0.3, -0.25) is 0 Å². The predicted octanol–water partition coefficient (Wildman–Crippen LogP) is 15.2. The van der Waals surface area contributed by atoms with Gasteiger partial charge in [0.2, 0.25) is 0 Å². The summed E-state index contributed by atoms with van der Waals surface area (Å²) < 4.78 is 18.8. The smallest absolute Gasteiger partial charge is 0.167 e. The van der Waals surface area contributed by atoms with E-state index in [-0.39, 0.29) is 11.9 Å². The maximum absolute atomic E-state index is 11.4. The number of nitrogens with zero attached hydrogens (tertiary/aromatic N) is 3. The fourth-order valence-corrected chi connectivity index (χ4v) is 8.09. The number of aromatic nitrogens is 3. The van der Waals surface area contributed by atoms with E-state index in [9.17, 15) is 5.11 Å². The molecule has 7 nitrogen and oxygen atoms in total. The summed E-state index contributed by atoms with van der Waals surface area (Å²) >= 11 is 0. The van der Waals surface area contributed by atoms with Crippen LogP contribution < -0.4 is 4.74 Å². The van der Waals surface area contributed by atoms with Crippen molar-refractivity contribution in [2.24, 2.45) is 0 Å². The molecular weight excluding hydrogens is 755 g/mol. The Morgan fingerprint density at radius 2 is 0.869 bits per heavy atom. The number of benzene rings is 3. The third kappa shape index (κ3) is 19.0. The first kappa shape index (κ1) is 49.8. The highest BCUT2D eigenvalue weighted by molar-refractivity contribution is 5.72. The molecule has 0 spiro atoms. The summed E-state index contributed by atoms with van der Waals surface area (Å²) in [5.41, 5.74) is 6.91. The van der Waals surface area contributed by atoms with Crippen LogP contribution in [-0.4, -0.2) is 52.6 Å². The summed E-state index contributed by atoms with van der Waals surface area (Å²) in [5.74, 6) is 2.17. The summed E-state index contributed by atoms with van der Waals surface area (Å²) in [7, 11) is 0. The third-order valence-corrected chi connectivity index (χ3v) is 11.8. The standard InChI is InChI=1S/C54H81N3O4/c1-7-9-11-13-15-17-19-21-23-25-27-35-59-40-47(60-36-28-26-24-22-20-18-16-14-12-10-8-2)41-61-46-31-34-50(51(58)39-46)54-56-52(48-32-29-42(3)37-44(48)5)55-53(57-54)49-33-30-43(4)38-45(49)6/h29-34,37-39,47,58H,7-28,35-36,40-41H2,1-6H3. The van der Waals surface area contributed by atoms with Crippen LogP contribution in [0.3, 0.4) is 0 Å². The molecule has 4 aromatic rings. The van der Waals surface area contributed by atoms with E-state index in [0.717, 1.165) is 41.7 Å². The van der Waals surface area contributed by atoms with Crippen LogP contribution in [0, 0.1) is 27.7 Å². The fourth-order valence-electron chi connectivity index (χ4n) is 8.09. The molecule has 1 N–H and O–H groups in total.